The van der Waals surface area contributed by atoms with Crippen molar-refractivity contribution in [3.05, 3.63) is 29.8 Å². The van der Waals surface area contributed by atoms with E-state index in [-0.39, 0.29) is 18.6 Å². The zero-order valence-electron chi connectivity index (χ0n) is 12.0. The van der Waals surface area contributed by atoms with Crippen LogP contribution in [0.4, 0.5) is 0 Å². The van der Waals surface area contributed by atoms with Crippen LogP contribution < -0.4 is 15.8 Å². The number of rotatable bonds is 6. The molecular formula is C15H20N2O3S. The maximum absolute atomic E-state index is 11.7. The van der Waals surface area contributed by atoms with Crippen LogP contribution in [0.25, 0.3) is 0 Å². The average Bonchev–Trinajstić information content (AvgIpc) is 2.88. The van der Waals surface area contributed by atoms with Crippen molar-refractivity contribution < 1.29 is 14.3 Å². The van der Waals surface area contributed by atoms with Gasteiger partial charge in [0.05, 0.1) is 6.10 Å². The molecule has 2 atom stereocenters. The summed E-state index contributed by atoms with van der Waals surface area (Å²) in [5, 5.41) is 2.87. The largest absolute Gasteiger partial charge is 0.484 e. The van der Waals surface area contributed by atoms with E-state index < -0.39 is 0 Å². The van der Waals surface area contributed by atoms with Crippen molar-refractivity contribution in [2.24, 2.45) is 11.7 Å². The number of carbonyl (C=O) groups is 1. The van der Waals surface area contributed by atoms with E-state index in [1.165, 1.54) is 0 Å². The monoisotopic (exact) mass is 308 g/mol. The minimum absolute atomic E-state index is 0.00558. The highest BCUT2D eigenvalue weighted by molar-refractivity contribution is 7.80. The Hall–Kier alpha value is -1.66. The van der Waals surface area contributed by atoms with Crippen molar-refractivity contribution in [3.63, 3.8) is 0 Å². The van der Waals surface area contributed by atoms with Gasteiger partial charge in [-0.15, -0.1) is 0 Å². The number of nitrogens with two attached hydrogens (primary N) is 1. The van der Waals surface area contributed by atoms with Crippen molar-refractivity contribution >= 4 is 23.1 Å². The normalized spacial score (nSPS) is 21.0. The van der Waals surface area contributed by atoms with Gasteiger partial charge in [0.15, 0.2) is 6.61 Å². The summed E-state index contributed by atoms with van der Waals surface area (Å²) in [5.41, 5.74) is 6.29. The third-order valence-corrected chi connectivity index (χ3v) is 3.84. The summed E-state index contributed by atoms with van der Waals surface area (Å²) in [6.45, 7) is 3.43. The molecule has 5 nitrogen and oxygen atoms in total. The number of hydrogen-bond acceptors (Lipinski definition) is 4. The quantitative estimate of drug-likeness (QED) is 0.774. The molecule has 1 heterocycles. The lowest BCUT2D eigenvalue weighted by molar-refractivity contribution is -0.123. The number of thiocarbonyl (C=S) groups is 1. The third kappa shape index (κ3) is 4.68. The first-order valence-electron chi connectivity index (χ1n) is 6.97. The third-order valence-electron chi connectivity index (χ3n) is 3.60. The van der Waals surface area contributed by atoms with E-state index in [1.54, 1.807) is 24.3 Å². The van der Waals surface area contributed by atoms with Crippen LogP contribution in [0.3, 0.4) is 0 Å². The van der Waals surface area contributed by atoms with Gasteiger partial charge in [-0.25, -0.2) is 0 Å². The molecule has 1 fully saturated rings. The second kappa shape index (κ2) is 7.38. The molecule has 3 N–H and O–H groups in total. The summed E-state index contributed by atoms with van der Waals surface area (Å²) >= 11 is 4.87. The van der Waals surface area contributed by atoms with Crippen LogP contribution in [0.15, 0.2) is 24.3 Å². The summed E-state index contributed by atoms with van der Waals surface area (Å²) < 4.78 is 10.9. The highest BCUT2D eigenvalue weighted by Gasteiger charge is 2.24. The Morgan fingerprint density at radius 2 is 2.19 bits per heavy atom. The van der Waals surface area contributed by atoms with Crippen LogP contribution in [0, 0.1) is 5.92 Å². The van der Waals surface area contributed by atoms with Gasteiger partial charge < -0.3 is 20.5 Å². The molecular weight excluding hydrogens is 288 g/mol. The van der Waals surface area contributed by atoms with E-state index >= 15 is 0 Å². The van der Waals surface area contributed by atoms with Crippen LogP contribution in [-0.4, -0.2) is 36.8 Å². The number of amides is 1. The van der Waals surface area contributed by atoms with Gasteiger partial charge in [-0.05, 0) is 37.6 Å². The number of nitrogens with one attached hydrogen (secondary N) is 1. The first-order valence-corrected chi connectivity index (χ1v) is 7.38. The summed E-state index contributed by atoms with van der Waals surface area (Å²) in [6, 6.07) is 7.03. The molecule has 0 radical (unpaired) electrons. The lowest BCUT2D eigenvalue weighted by Crippen LogP contribution is -2.35. The summed E-state index contributed by atoms with van der Waals surface area (Å²) in [6.07, 6.45) is 1.20. The molecule has 0 spiro atoms. The van der Waals surface area contributed by atoms with Crippen molar-refractivity contribution in [2.45, 2.75) is 19.4 Å². The lowest BCUT2D eigenvalue weighted by atomic mass is 10.0. The van der Waals surface area contributed by atoms with E-state index in [9.17, 15) is 4.79 Å². The first kappa shape index (κ1) is 15.7. The summed E-state index contributed by atoms with van der Waals surface area (Å²) in [5.74, 6) is 0.869. The zero-order valence-corrected chi connectivity index (χ0v) is 12.8. The molecule has 1 aliphatic heterocycles. The molecule has 21 heavy (non-hydrogen) atoms. The van der Waals surface area contributed by atoms with Crippen LogP contribution >= 0.6 is 12.2 Å². The number of carbonyl (C=O) groups excluding carboxylic acids is 1. The molecule has 0 saturated carbocycles. The highest BCUT2D eigenvalue weighted by atomic mass is 32.1. The molecule has 1 aromatic rings. The Bertz CT molecular complexity index is 504. The number of ether oxygens (including phenoxy) is 2. The van der Waals surface area contributed by atoms with Gasteiger partial charge in [-0.3, -0.25) is 4.79 Å². The second-order valence-corrected chi connectivity index (χ2v) is 5.55. The molecule has 114 valence electrons. The molecule has 1 aromatic carbocycles. The molecule has 0 aliphatic carbocycles. The smallest absolute Gasteiger partial charge is 0.257 e. The molecule has 6 heteroatoms. The Kier molecular flexibility index (Phi) is 5.52. The average molecular weight is 308 g/mol. The van der Waals surface area contributed by atoms with E-state index in [0.717, 1.165) is 18.6 Å². The second-order valence-electron chi connectivity index (χ2n) is 5.11. The maximum Gasteiger partial charge on any atom is 0.257 e. The maximum atomic E-state index is 11.7. The van der Waals surface area contributed by atoms with E-state index in [1.807, 2.05) is 6.92 Å². The summed E-state index contributed by atoms with van der Waals surface area (Å²) in [7, 11) is 0. The minimum atomic E-state index is -0.132. The van der Waals surface area contributed by atoms with E-state index in [0.29, 0.717) is 23.2 Å². The van der Waals surface area contributed by atoms with Crippen molar-refractivity contribution in [2.75, 3.05) is 19.8 Å². The van der Waals surface area contributed by atoms with Gasteiger partial charge in [-0.2, -0.15) is 0 Å². The van der Waals surface area contributed by atoms with Crippen molar-refractivity contribution in [1.29, 1.82) is 0 Å². The predicted octanol–water partition coefficient (Wildman–Crippen LogP) is 1.24. The van der Waals surface area contributed by atoms with Crippen LogP contribution in [0.1, 0.15) is 18.9 Å². The van der Waals surface area contributed by atoms with Gasteiger partial charge in [0.2, 0.25) is 0 Å². The van der Waals surface area contributed by atoms with Crippen molar-refractivity contribution in [3.8, 4) is 5.75 Å². The first-order chi connectivity index (χ1) is 10.1. The van der Waals surface area contributed by atoms with Gasteiger partial charge in [0, 0.05) is 24.6 Å². The highest BCUT2D eigenvalue weighted by Crippen LogP contribution is 2.19. The Morgan fingerprint density at radius 1 is 1.48 bits per heavy atom. The molecule has 1 aliphatic rings. The lowest BCUT2D eigenvalue weighted by Gasteiger charge is -2.15. The molecule has 0 aromatic heterocycles. The van der Waals surface area contributed by atoms with Gasteiger partial charge in [0.25, 0.3) is 5.91 Å². The van der Waals surface area contributed by atoms with Gasteiger partial charge >= 0.3 is 0 Å². The van der Waals surface area contributed by atoms with E-state index in [2.05, 4.69) is 5.32 Å². The molecule has 2 rings (SSSR count). The van der Waals surface area contributed by atoms with Crippen LogP contribution in [-0.2, 0) is 9.53 Å². The predicted molar refractivity (Wildman–Crippen MR) is 84.4 cm³/mol. The fourth-order valence-corrected chi connectivity index (χ4v) is 2.34. The van der Waals surface area contributed by atoms with Crippen LogP contribution in [0.5, 0.6) is 5.75 Å². The summed E-state index contributed by atoms with van der Waals surface area (Å²) in [4.78, 5) is 12.1. The van der Waals surface area contributed by atoms with Crippen LogP contribution in [0.2, 0.25) is 0 Å². The number of hydrogen-bond donors (Lipinski definition) is 2. The fourth-order valence-electron chi connectivity index (χ4n) is 2.20. The van der Waals surface area contributed by atoms with Gasteiger partial charge in [0.1, 0.15) is 10.7 Å². The van der Waals surface area contributed by atoms with Crippen molar-refractivity contribution in [1.82, 2.24) is 5.32 Å². The molecule has 1 amide bonds. The Morgan fingerprint density at radius 3 is 2.76 bits per heavy atom. The minimum Gasteiger partial charge on any atom is -0.484 e. The topological polar surface area (TPSA) is 73.6 Å². The zero-order chi connectivity index (χ0) is 15.2. The number of benzene rings is 1. The Labute approximate surface area is 129 Å². The molecule has 1 saturated heterocycles. The fraction of sp³-hybridized carbons (Fsp3) is 0.467. The molecule has 0 bridgehead atoms. The standard InChI is InChI=1S/C15H20N2O3S/c1-10-12(6-7-19-10)8-17-14(18)9-20-13-4-2-11(3-5-13)15(16)21/h2-5,10,12H,6-9H2,1H3,(H2,16,21)(H,17,18). The van der Waals surface area contributed by atoms with Gasteiger partial charge in [-0.1, -0.05) is 12.2 Å². The Balaban J connectivity index is 1.72. The molecule has 2 unspecified atom stereocenters. The van der Waals surface area contributed by atoms with E-state index in [4.69, 9.17) is 27.4 Å². The SMILES string of the molecule is CC1OCCC1CNC(=O)COc1ccc(C(N)=S)cc1.